The number of rotatable bonds is 16. The molecule has 1 unspecified atom stereocenters. The fourth-order valence-electron chi connectivity index (χ4n) is 3.26. The van der Waals surface area contributed by atoms with Gasteiger partial charge in [-0.3, -0.25) is 9.59 Å². The summed E-state index contributed by atoms with van der Waals surface area (Å²) in [4.78, 5) is 25.6. The maximum absolute atomic E-state index is 12.0. The molecule has 7 nitrogen and oxygen atoms in total. The topological polar surface area (TPSA) is 74.3 Å². The summed E-state index contributed by atoms with van der Waals surface area (Å²) < 4.78 is 22.6. The molecule has 1 fully saturated rings. The van der Waals surface area contributed by atoms with E-state index in [1.165, 1.54) is 0 Å². The first-order valence-electron chi connectivity index (χ1n) is 10.5. The summed E-state index contributed by atoms with van der Waals surface area (Å²) in [6.45, 7) is 11.1. The van der Waals surface area contributed by atoms with Crippen LogP contribution in [-0.2, 0) is 27.6 Å². The van der Waals surface area contributed by atoms with Crippen molar-refractivity contribution in [3.05, 3.63) is 0 Å². The van der Waals surface area contributed by atoms with Crippen LogP contribution in [0.1, 0.15) is 47.0 Å². The molecule has 164 valence electrons. The molecular formula is C19H37NO6SSi. The van der Waals surface area contributed by atoms with E-state index in [-0.39, 0.29) is 24.2 Å². The maximum atomic E-state index is 12.0. The Labute approximate surface area is 175 Å². The first kappa shape index (κ1) is 25.4. The molecule has 1 saturated heterocycles. The van der Waals surface area contributed by atoms with Crippen LogP contribution in [0.5, 0.6) is 0 Å². The minimum Gasteiger partial charge on any atom is -0.466 e. The van der Waals surface area contributed by atoms with Crippen molar-refractivity contribution in [3.8, 4) is 0 Å². The van der Waals surface area contributed by atoms with Crippen LogP contribution in [-0.4, -0.2) is 76.6 Å². The molecule has 0 bridgehead atoms. The minimum absolute atomic E-state index is 0.0592. The van der Waals surface area contributed by atoms with Gasteiger partial charge < -0.3 is 22.9 Å². The highest BCUT2D eigenvalue weighted by molar-refractivity contribution is 7.99. The lowest BCUT2D eigenvalue weighted by molar-refractivity contribution is -0.147. The SMILES string of the molecule is CCOC(=O)C1CC(=O)N(CCCSCCC[Si](OCC)(OCC)OCC)C1. The number of esters is 1. The number of thioether (sulfide) groups is 1. The Morgan fingerprint density at radius 2 is 1.64 bits per heavy atom. The lowest BCUT2D eigenvalue weighted by Gasteiger charge is -2.28. The zero-order chi connectivity index (χ0) is 20.8. The van der Waals surface area contributed by atoms with E-state index < -0.39 is 8.80 Å². The van der Waals surface area contributed by atoms with Crippen LogP contribution in [0, 0.1) is 5.92 Å². The number of ether oxygens (including phenoxy) is 1. The summed E-state index contributed by atoms with van der Waals surface area (Å²) in [7, 11) is -2.53. The van der Waals surface area contributed by atoms with Gasteiger partial charge in [-0.05, 0) is 52.0 Å². The van der Waals surface area contributed by atoms with Gasteiger partial charge in [0.15, 0.2) is 0 Å². The second-order valence-electron chi connectivity index (χ2n) is 6.54. The second-order valence-corrected chi connectivity index (χ2v) is 10.5. The Kier molecular flexibility index (Phi) is 13.1. The quantitative estimate of drug-likeness (QED) is 0.210. The molecule has 0 saturated carbocycles. The molecule has 0 aromatic rings. The number of nitrogens with zero attached hydrogens (tertiary/aromatic N) is 1. The lowest BCUT2D eigenvalue weighted by Crippen LogP contribution is -2.46. The van der Waals surface area contributed by atoms with E-state index >= 15 is 0 Å². The lowest BCUT2D eigenvalue weighted by atomic mass is 10.1. The Hall–Kier alpha value is -0.613. The first-order valence-corrected chi connectivity index (χ1v) is 13.5. The molecule has 1 heterocycles. The highest BCUT2D eigenvalue weighted by atomic mass is 32.2. The van der Waals surface area contributed by atoms with E-state index in [1.807, 2.05) is 32.5 Å². The van der Waals surface area contributed by atoms with Gasteiger partial charge in [-0.25, -0.2) is 0 Å². The molecule has 1 atom stereocenters. The molecule has 0 N–H and O–H groups in total. The smallest absolute Gasteiger partial charge is 0.466 e. The number of carbonyl (C=O) groups excluding carboxylic acids is 2. The molecule has 0 radical (unpaired) electrons. The third-order valence-corrected chi connectivity index (χ3v) is 8.72. The standard InChI is InChI=1S/C19H37NO6SSi/c1-5-23-19(22)17-15-18(21)20(16-17)11-9-12-27-13-10-14-28(24-6-2,25-7-3)26-8-4/h17H,5-16H2,1-4H3. The van der Waals surface area contributed by atoms with Crippen LogP contribution in [0.3, 0.4) is 0 Å². The van der Waals surface area contributed by atoms with Crippen molar-refractivity contribution in [2.75, 3.05) is 51.0 Å². The fraction of sp³-hybridized carbons (Fsp3) is 0.895. The van der Waals surface area contributed by atoms with Crippen LogP contribution in [0.4, 0.5) is 0 Å². The molecule has 9 heteroatoms. The van der Waals surface area contributed by atoms with Crippen molar-refractivity contribution in [1.29, 1.82) is 0 Å². The van der Waals surface area contributed by atoms with Gasteiger partial charge in [0.25, 0.3) is 0 Å². The predicted molar refractivity (Wildman–Crippen MR) is 113 cm³/mol. The van der Waals surface area contributed by atoms with Gasteiger partial charge in [0.1, 0.15) is 0 Å². The van der Waals surface area contributed by atoms with Crippen molar-refractivity contribution in [2.45, 2.75) is 53.0 Å². The van der Waals surface area contributed by atoms with Crippen molar-refractivity contribution in [1.82, 2.24) is 4.90 Å². The fourth-order valence-corrected chi connectivity index (χ4v) is 7.01. The van der Waals surface area contributed by atoms with E-state index in [0.29, 0.717) is 39.5 Å². The second kappa shape index (κ2) is 14.4. The number of carbonyl (C=O) groups is 2. The van der Waals surface area contributed by atoms with Gasteiger partial charge in [0.2, 0.25) is 5.91 Å². The Balaban J connectivity index is 2.21. The number of hydrogen-bond donors (Lipinski definition) is 0. The summed E-state index contributed by atoms with van der Waals surface area (Å²) in [5.74, 6) is 1.51. The van der Waals surface area contributed by atoms with E-state index in [4.69, 9.17) is 18.0 Å². The summed E-state index contributed by atoms with van der Waals surface area (Å²) >= 11 is 1.87. The van der Waals surface area contributed by atoms with E-state index in [9.17, 15) is 9.59 Å². The molecule has 1 rings (SSSR count). The van der Waals surface area contributed by atoms with Gasteiger partial charge >= 0.3 is 14.8 Å². The number of likely N-dealkylation sites (tertiary alicyclic amines) is 1. The van der Waals surface area contributed by atoms with Gasteiger partial charge in [0.05, 0.1) is 12.5 Å². The average Bonchev–Trinajstić information content (AvgIpc) is 3.03. The maximum Gasteiger partial charge on any atom is 0.500 e. The molecule has 0 aromatic heterocycles. The van der Waals surface area contributed by atoms with Crippen molar-refractivity contribution >= 4 is 32.4 Å². The third kappa shape index (κ3) is 8.81. The molecular weight excluding hydrogens is 398 g/mol. The van der Waals surface area contributed by atoms with E-state index in [0.717, 1.165) is 30.4 Å². The average molecular weight is 436 g/mol. The van der Waals surface area contributed by atoms with Crippen molar-refractivity contribution in [3.63, 3.8) is 0 Å². The Morgan fingerprint density at radius 1 is 1.04 bits per heavy atom. The predicted octanol–water partition coefficient (Wildman–Crippen LogP) is 2.96. The van der Waals surface area contributed by atoms with Gasteiger partial charge in [-0.2, -0.15) is 11.8 Å². The molecule has 1 amide bonds. The highest BCUT2D eigenvalue weighted by Gasteiger charge is 2.39. The van der Waals surface area contributed by atoms with Crippen LogP contribution in [0.25, 0.3) is 0 Å². The monoisotopic (exact) mass is 435 g/mol. The summed E-state index contributed by atoms with van der Waals surface area (Å²) in [6.07, 6.45) is 2.20. The minimum atomic E-state index is -2.53. The molecule has 0 spiro atoms. The third-order valence-electron chi connectivity index (χ3n) is 4.42. The Bertz CT molecular complexity index is 451. The molecule has 0 aliphatic carbocycles. The number of hydrogen-bond acceptors (Lipinski definition) is 7. The van der Waals surface area contributed by atoms with Crippen LogP contribution in [0.15, 0.2) is 0 Å². The zero-order valence-electron chi connectivity index (χ0n) is 17.9. The number of amides is 1. The van der Waals surface area contributed by atoms with E-state index in [2.05, 4.69) is 0 Å². The van der Waals surface area contributed by atoms with Crippen LogP contribution < -0.4 is 0 Å². The largest absolute Gasteiger partial charge is 0.500 e. The van der Waals surface area contributed by atoms with Gasteiger partial charge in [0, 0.05) is 45.4 Å². The summed E-state index contributed by atoms with van der Waals surface area (Å²) in [5, 5.41) is 0. The normalized spacial score (nSPS) is 17.4. The summed E-state index contributed by atoms with van der Waals surface area (Å²) in [5.41, 5.74) is 0. The molecule has 1 aliphatic heterocycles. The molecule has 1 aliphatic rings. The first-order chi connectivity index (χ1) is 13.5. The molecule has 28 heavy (non-hydrogen) atoms. The van der Waals surface area contributed by atoms with E-state index in [1.54, 1.807) is 11.8 Å². The van der Waals surface area contributed by atoms with Gasteiger partial charge in [-0.15, -0.1) is 0 Å². The van der Waals surface area contributed by atoms with Crippen molar-refractivity contribution in [2.24, 2.45) is 5.92 Å². The van der Waals surface area contributed by atoms with Crippen LogP contribution >= 0.6 is 11.8 Å². The highest BCUT2D eigenvalue weighted by Crippen LogP contribution is 2.22. The summed E-state index contributed by atoms with van der Waals surface area (Å²) in [6, 6.07) is 0.835. The van der Waals surface area contributed by atoms with Crippen LogP contribution in [0.2, 0.25) is 6.04 Å². The van der Waals surface area contributed by atoms with Crippen molar-refractivity contribution < 1.29 is 27.6 Å². The molecule has 0 aromatic carbocycles. The Morgan fingerprint density at radius 3 is 2.21 bits per heavy atom. The zero-order valence-corrected chi connectivity index (χ0v) is 19.7. The van der Waals surface area contributed by atoms with Gasteiger partial charge in [-0.1, -0.05) is 0 Å².